The quantitative estimate of drug-likeness (QED) is 0.547. The van der Waals surface area contributed by atoms with Gasteiger partial charge in [0.2, 0.25) is 15.9 Å². The molecule has 0 spiro atoms. The summed E-state index contributed by atoms with van der Waals surface area (Å²) in [5, 5.41) is 0. The molecular weight excluding hydrogens is 432 g/mol. The first-order valence-corrected chi connectivity index (χ1v) is 13.0. The van der Waals surface area contributed by atoms with Gasteiger partial charge in [0.05, 0.1) is 23.2 Å². The van der Waals surface area contributed by atoms with Gasteiger partial charge in [0, 0.05) is 38.7 Å². The lowest BCUT2D eigenvalue weighted by Gasteiger charge is -2.37. The fourth-order valence-corrected chi connectivity index (χ4v) is 5.76. The topological polar surface area (TPSA) is 93.2 Å². The van der Waals surface area contributed by atoms with Crippen molar-refractivity contribution < 1.29 is 27.5 Å². The smallest absolute Gasteiger partial charge is 0.338 e. The van der Waals surface area contributed by atoms with Crippen LogP contribution in [0.15, 0.2) is 29.2 Å². The number of sulfonamides is 1. The predicted octanol–water partition coefficient (Wildman–Crippen LogP) is 2.68. The molecule has 1 amide bonds. The molecule has 0 N–H and O–H groups in total. The van der Waals surface area contributed by atoms with E-state index in [4.69, 9.17) is 9.47 Å². The van der Waals surface area contributed by atoms with Crippen LogP contribution < -0.4 is 0 Å². The van der Waals surface area contributed by atoms with Gasteiger partial charge in [-0.25, -0.2) is 13.2 Å². The van der Waals surface area contributed by atoms with Gasteiger partial charge in [0.25, 0.3) is 0 Å². The molecule has 1 aromatic carbocycles. The Bertz CT molecular complexity index is 878. The van der Waals surface area contributed by atoms with Crippen molar-refractivity contribution >= 4 is 21.9 Å². The molecule has 178 valence electrons. The van der Waals surface area contributed by atoms with Crippen molar-refractivity contribution in [2.24, 2.45) is 5.92 Å². The van der Waals surface area contributed by atoms with Gasteiger partial charge in [-0.15, -0.1) is 0 Å². The number of esters is 1. The van der Waals surface area contributed by atoms with E-state index in [1.54, 1.807) is 6.92 Å². The minimum atomic E-state index is -3.67. The van der Waals surface area contributed by atoms with Crippen LogP contribution in [0.25, 0.3) is 0 Å². The molecule has 0 saturated carbocycles. The number of likely N-dealkylation sites (tertiary alicyclic amines) is 1. The Labute approximate surface area is 190 Å². The maximum atomic E-state index is 13.0. The third kappa shape index (κ3) is 5.88. The highest BCUT2D eigenvalue weighted by Crippen LogP contribution is 2.27. The summed E-state index contributed by atoms with van der Waals surface area (Å²) < 4.78 is 38.2. The molecule has 0 aliphatic carbocycles. The number of amides is 1. The Morgan fingerprint density at radius 2 is 1.72 bits per heavy atom. The van der Waals surface area contributed by atoms with Gasteiger partial charge >= 0.3 is 5.97 Å². The maximum absolute atomic E-state index is 13.0. The van der Waals surface area contributed by atoms with Crippen LogP contribution in [0.1, 0.15) is 56.3 Å². The first-order chi connectivity index (χ1) is 15.4. The molecule has 0 bridgehead atoms. The van der Waals surface area contributed by atoms with Gasteiger partial charge in [-0.05, 0) is 63.3 Å². The largest absolute Gasteiger partial charge is 0.462 e. The van der Waals surface area contributed by atoms with Gasteiger partial charge in [-0.3, -0.25) is 4.79 Å². The van der Waals surface area contributed by atoms with Crippen molar-refractivity contribution in [1.82, 2.24) is 9.21 Å². The Morgan fingerprint density at radius 3 is 2.34 bits per heavy atom. The molecule has 1 unspecified atom stereocenters. The number of hydrogen-bond acceptors (Lipinski definition) is 6. The number of benzene rings is 1. The Balaban J connectivity index is 1.56. The summed E-state index contributed by atoms with van der Waals surface area (Å²) in [5.74, 6) is -0.515. The maximum Gasteiger partial charge on any atom is 0.338 e. The fraction of sp³-hybridized carbons (Fsp3) is 0.652. The van der Waals surface area contributed by atoms with Crippen molar-refractivity contribution in [2.45, 2.75) is 57.0 Å². The zero-order valence-electron chi connectivity index (χ0n) is 19.0. The number of carbonyl (C=O) groups excluding carboxylic acids is 2. The van der Waals surface area contributed by atoms with Crippen LogP contribution in [0, 0.1) is 5.92 Å². The van der Waals surface area contributed by atoms with Crippen LogP contribution in [0.4, 0.5) is 0 Å². The molecular formula is C23H34N2O6S. The second-order valence-corrected chi connectivity index (χ2v) is 10.3. The van der Waals surface area contributed by atoms with Gasteiger partial charge in [-0.2, -0.15) is 4.31 Å². The summed E-state index contributed by atoms with van der Waals surface area (Å²) in [5.41, 5.74) is 0.317. The lowest BCUT2D eigenvalue weighted by atomic mass is 9.95. The molecule has 32 heavy (non-hydrogen) atoms. The van der Waals surface area contributed by atoms with Crippen LogP contribution in [-0.4, -0.2) is 75.0 Å². The van der Waals surface area contributed by atoms with E-state index < -0.39 is 16.0 Å². The first-order valence-electron chi connectivity index (χ1n) is 11.5. The monoisotopic (exact) mass is 466 g/mol. The van der Waals surface area contributed by atoms with Crippen LogP contribution in [0.5, 0.6) is 0 Å². The molecule has 1 aromatic rings. The summed E-state index contributed by atoms with van der Waals surface area (Å²) in [7, 11) is -3.67. The zero-order valence-corrected chi connectivity index (χ0v) is 19.8. The van der Waals surface area contributed by atoms with Gasteiger partial charge in [-0.1, -0.05) is 6.92 Å². The molecule has 2 heterocycles. The molecule has 1 atom stereocenters. The minimum Gasteiger partial charge on any atom is -0.462 e. The van der Waals surface area contributed by atoms with E-state index in [0.717, 1.165) is 25.8 Å². The van der Waals surface area contributed by atoms with Crippen LogP contribution in [0.2, 0.25) is 0 Å². The fourth-order valence-electron chi connectivity index (χ4n) is 4.29. The standard InChI is InChI=1S/C23H34N2O6S/c1-3-16-31-20-6-5-13-24(17-20)22(26)18-11-14-25(15-12-18)32(28,29)21-9-7-19(8-10-21)23(27)30-4-2/h7-10,18,20H,3-6,11-17H2,1-2H3. The van der Waals surface area contributed by atoms with E-state index in [0.29, 0.717) is 44.6 Å². The summed E-state index contributed by atoms with van der Waals surface area (Å²) in [6.07, 6.45) is 4.00. The normalized spacial score (nSPS) is 20.8. The highest BCUT2D eigenvalue weighted by molar-refractivity contribution is 7.89. The average Bonchev–Trinajstić information content (AvgIpc) is 2.82. The highest BCUT2D eigenvalue weighted by atomic mass is 32.2. The van der Waals surface area contributed by atoms with E-state index in [1.165, 1.54) is 28.6 Å². The number of hydrogen-bond donors (Lipinski definition) is 0. The van der Waals surface area contributed by atoms with Crippen LogP contribution >= 0.6 is 0 Å². The second kappa shape index (κ2) is 11.2. The molecule has 2 aliphatic heterocycles. The minimum absolute atomic E-state index is 0.102. The van der Waals surface area contributed by atoms with Crippen molar-refractivity contribution in [3.63, 3.8) is 0 Å². The van der Waals surface area contributed by atoms with Crippen molar-refractivity contribution in [3.8, 4) is 0 Å². The van der Waals surface area contributed by atoms with Crippen molar-refractivity contribution in [3.05, 3.63) is 29.8 Å². The molecule has 9 heteroatoms. The molecule has 8 nitrogen and oxygen atoms in total. The average molecular weight is 467 g/mol. The second-order valence-electron chi connectivity index (χ2n) is 8.34. The first kappa shape index (κ1) is 24.7. The molecule has 2 fully saturated rings. The lowest BCUT2D eigenvalue weighted by molar-refractivity contribution is -0.140. The van der Waals surface area contributed by atoms with Crippen LogP contribution in [-0.2, 0) is 24.3 Å². The zero-order chi connectivity index (χ0) is 23.1. The van der Waals surface area contributed by atoms with E-state index in [1.807, 2.05) is 4.90 Å². The summed E-state index contributed by atoms with van der Waals surface area (Å²) in [6.45, 7) is 6.75. The molecule has 2 aliphatic rings. The van der Waals surface area contributed by atoms with Gasteiger partial charge in [0.1, 0.15) is 0 Å². The molecule has 0 aromatic heterocycles. The van der Waals surface area contributed by atoms with Gasteiger partial charge < -0.3 is 14.4 Å². The number of carbonyl (C=O) groups is 2. The predicted molar refractivity (Wildman–Crippen MR) is 120 cm³/mol. The lowest BCUT2D eigenvalue weighted by Crippen LogP contribution is -2.48. The highest BCUT2D eigenvalue weighted by Gasteiger charge is 2.35. The van der Waals surface area contributed by atoms with E-state index >= 15 is 0 Å². The summed E-state index contributed by atoms with van der Waals surface area (Å²) in [6, 6.07) is 5.80. The number of rotatable bonds is 8. The van der Waals surface area contributed by atoms with Crippen molar-refractivity contribution in [2.75, 3.05) is 39.4 Å². The number of ether oxygens (including phenoxy) is 2. The Kier molecular flexibility index (Phi) is 8.67. The van der Waals surface area contributed by atoms with Crippen molar-refractivity contribution in [1.29, 1.82) is 0 Å². The summed E-state index contributed by atoms with van der Waals surface area (Å²) >= 11 is 0. The SMILES string of the molecule is CCCOC1CCCN(C(=O)C2CCN(S(=O)(=O)c3ccc(C(=O)OCC)cc3)CC2)C1. The van der Waals surface area contributed by atoms with E-state index in [-0.39, 0.29) is 29.4 Å². The van der Waals surface area contributed by atoms with Crippen LogP contribution in [0.3, 0.4) is 0 Å². The Morgan fingerprint density at radius 1 is 1.03 bits per heavy atom. The Hall–Kier alpha value is -1.97. The molecule has 2 saturated heterocycles. The number of piperidine rings is 2. The van der Waals surface area contributed by atoms with E-state index in [9.17, 15) is 18.0 Å². The molecule has 3 rings (SSSR count). The third-order valence-electron chi connectivity index (χ3n) is 6.05. The number of nitrogens with zero attached hydrogens (tertiary/aromatic N) is 2. The molecule has 0 radical (unpaired) electrons. The van der Waals surface area contributed by atoms with Gasteiger partial charge in [0.15, 0.2) is 0 Å². The summed E-state index contributed by atoms with van der Waals surface area (Å²) in [4.78, 5) is 26.8. The third-order valence-corrected chi connectivity index (χ3v) is 7.97. The van der Waals surface area contributed by atoms with E-state index in [2.05, 4.69) is 6.92 Å².